The highest BCUT2D eigenvalue weighted by atomic mass is 19.4. The van der Waals surface area contributed by atoms with Crippen LogP contribution in [0.1, 0.15) is 32.8 Å². The molecule has 202 valence electrons. The van der Waals surface area contributed by atoms with Gasteiger partial charge in [0.25, 0.3) is 0 Å². The maximum Gasteiger partial charge on any atom is 0.410 e. The van der Waals surface area contributed by atoms with Gasteiger partial charge in [-0.05, 0) is 51.5 Å². The maximum atomic E-state index is 14.8. The predicted molar refractivity (Wildman–Crippen MR) is 129 cm³/mol. The smallest absolute Gasteiger partial charge is 0.410 e. The molecule has 8 nitrogen and oxygen atoms in total. The first-order valence-electron chi connectivity index (χ1n) is 12.2. The summed E-state index contributed by atoms with van der Waals surface area (Å²) in [5, 5.41) is 12.4. The molecule has 0 bridgehead atoms. The van der Waals surface area contributed by atoms with E-state index in [0.29, 0.717) is 16.6 Å². The van der Waals surface area contributed by atoms with Crippen LogP contribution < -0.4 is 10.2 Å². The number of carbonyl (C=O) groups is 2. The molecule has 3 fully saturated rings. The quantitative estimate of drug-likeness (QED) is 0.601. The summed E-state index contributed by atoms with van der Waals surface area (Å²) in [6.07, 6.45) is -5.98. The van der Waals surface area contributed by atoms with E-state index in [0.717, 1.165) is 4.90 Å². The molecule has 2 aromatic rings. The highest BCUT2D eigenvalue weighted by molar-refractivity contribution is 5.97. The van der Waals surface area contributed by atoms with Gasteiger partial charge < -0.3 is 19.9 Å². The van der Waals surface area contributed by atoms with Crippen molar-refractivity contribution in [1.82, 2.24) is 15.2 Å². The average Bonchev–Trinajstić information content (AvgIpc) is 3.16. The van der Waals surface area contributed by atoms with Crippen LogP contribution in [-0.2, 0) is 9.53 Å². The molecule has 1 N–H and O–H groups in total. The van der Waals surface area contributed by atoms with Gasteiger partial charge >= 0.3 is 12.3 Å². The van der Waals surface area contributed by atoms with Crippen molar-refractivity contribution in [2.45, 2.75) is 51.2 Å². The van der Waals surface area contributed by atoms with Gasteiger partial charge in [0.1, 0.15) is 23.3 Å². The number of hydrogen-bond acceptors (Lipinski definition) is 6. The molecule has 1 saturated carbocycles. The summed E-state index contributed by atoms with van der Waals surface area (Å²) < 4.78 is 63.3. The lowest BCUT2D eigenvalue weighted by Gasteiger charge is -2.26. The highest BCUT2D eigenvalue weighted by Crippen LogP contribution is 2.75. The number of pyridine rings is 1. The van der Waals surface area contributed by atoms with Gasteiger partial charge in [-0.25, -0.2) is 9.18 Å². The van der Waals surface area contributed by atoms with E-state index in [1.807, 2.05) is 6.07 Å². The van der Waals surface area contributed by atoms with Gasteiger partial charge in [-0.2, -0.15) is 18.4 Å². The van der Waals surface area contributed by atoms with Gasteiger partial charge in [-0.15, -0.1) is 0 Å². The molecule has 1 aromatic heterocycles. The van der Waals surface area contributed by atoms with E-state index in [-0.39, 0.29) is 25.2 Å². The van der Waals surface area contributed by atoms with E-state index in [9.17, 15) is 32.4 Å². The van der Waals surface area contributed by atoms with Crippen LogP contribution in [0, 0.1) is 22.2 Å². The molecule has 0 unspecified atom stereocenters. The number of anilines is 1. The fraction of sp³-hybridized carbons (Fsp3) is 0.538. The van der Waals surface area contributed by atoms with Gasteiger partial charge in [0.05, 0.1) is 29.1 Å². The minimum absolute atomic E-state index is 0.202. The molecule has 38 heavy (non-hydrogen) atoms. The molecule has 0 spiro atoms. The molecular weight excluding hydrogens is 506 g/mol. The number of halogens is 4. The number of carbonyl (C=O) groups excluding carboxylic acids is 2. The first-order valence-corrected chi connectivity index (χ1v) is 12.2. The largest absolute Gasteiger partial charge is 0.444 e. The minimum atomic E-state index is -4.67. The predicted octanol–water partition coefficient (Wildman–Crippen LogP) is 3.94. The van der Waals surface area contributed by atoms with Crippen molar-refractivity contribution in [3.63, 3.8) is 0 Å². The number of ether oxygens (including phenoxy) is 1. The fourth-order valence-electron chi connectivity index (χ4n) is 5.80. The van der Waals surface area contributed by atoms with E-state index >= 15 is 0 Å². The summed E-state index contributed by atoms with van der Waals surface area (Å²) >= 11 is 0. The molecule has 2 amide bonds. The normalized spacial score (nSPS) is 28.7. The van der Waals surface area contributed by atoms with Crippen molar-refractivity contribution in [1.29, 1.82) is 5.26 Å². The molecule has 5 rings (SSSR count). The lowest BCUT2D eigenvalue weighted by atomic mass is 9.94. The molecule has 1 aliphatic carbocycles. The Morgan fingerprint density at radius 2 is 1.92 bits per heavy atom. The third kappa shape index (κ3) is 3.99. The Morgan fingerprint density at radius 1 is 1.18 bits per heavy atom. The number of nitrogens with one attached hydrogen (secondary N) is 1. The summed E-state index contributed by atoms with van der Waals surface area (Å²) in [5.74, 6) is -0.882. The number of rotatable bonds is 3. The van der Waals surface area contributed by atoms with Crippen molar-refractivity contribution in [2.24, 2.45) is 10.8 Å². The number of aromatic nitrogens is 1. The topological polar surface area (TPSA) is 98.6 Å². The third-order valence-corrected chi connectivity index (χ3v) is 7.72. The van der Waals surface area contributed by atoms with Crippen molar-refractivity contribution < 1.29 is 31.9 Å². The van der Waals surface area contributed by atoms with E-state index in [1.165, 1.54) is 17.2 Å². The molecule has 2 aliphatic heterocycles. The number of alkyl halides is 4. The summed E-state index contributed by atoms with van der Waals surface area (Å²) in [6, 6.07) is 7.25. The van der Waals surface area contributed by atoms with Crippen molar-refractivity contribution in [3.8, 4) is 6.07 Å². The number of piperidine rings is 1. The van der Waals surface area contributed by atoms with Crippen LogP contribution in [0.15, 0.2) is 30.5 Å². The lowest BCUT2D eigenvalue weighted by Crippen LogP contribution is -2.48. The average molecular weight is 534 g/mol. The second-order valence-electron chi connectivity index (χ2n) is 11.3. The maximum absolute atomic E-state index is 14.8. The van der Waals surface area contributed by atoms with Gasteiger partial charge in [-0.3, -0.25) is 9.78 Å². The SMILES string of the molecule is CC(C)(C)OC(=O)N1C[C@H](F)[C@H](NC(=O)[C@]23CN(c4ccc(C#N)c5ncccc45)C[C@@]2(C(F)(F)F)C3)C1. The monoisotopic (exact) mass is 533 g/mol. The third-order valence-electron chi connectivity index (χ3n) is 7.72. The Kier molecular flexibility index (Phi) is 5.78. The van der Waals surface area contributed by atoms with Crippen molar-refractivity contribution in [3.05, 3.63) is 36.0 Å². The lowest BCUT2D eigenvalue weighted by molar-refractivity contribution is -0.191. The van der Waals surface area contributed by atoms with Crippen LogP contribution >= 0.6 is 0 Å². The number of nitriles is 1. The van der Waals surface area contributed by atoms with Crippen LogP contribution in [0.3, 0.4) is 0 Å². The summed E-state index contributed by atoms with van der Waals surface area (Å²) in [7, 11) is 0. The van der Waals surface area contributed by atoms with Crippen molar-refractivity contribution >= 4 is 28.6 Å². The van der Waals surface area contributed by atoms with Crippen LogP contribution in [0.4, 0.5) is 28.0 Å². The van der Waals surface area contributed by atoms with E-state index in [1.54, 1.807) is 39.0 Å². The first-order chi connectivity index (χ1) is 17.7. The Labute approximate surface area is 216 Å². The van der Waals surface area contributed by atoms with Crippen LogP contribution in [0.2, 0.25) is 0 Å². The fourth-order valence-corrected chi connectivity index (χ4v) is 5.80. The van der Waals surface area contributed by atoms with Gasteiger partial charge in [0.2, 0.25) is 5.91 Å². The number of fused-ring (bicyclic) bond motifs is 2. The van der Waals surface area contributed by atoms with E-state index in [4.69, 9.17) is 4.74 Å². The molecule has 3 heterocycles. The summed E-state index contributed by atoms with van der Waals surface area (Å²) in [6.45, 7) is 3.78. The number of hydrogen-bond donors (Lipinski definition) is 1. The molecular formula is C26H27F4N5O3. The molecule has 12 heteroatoms. The Hall–Kier alpha value is -3.62. The minimum Gasteiger partial charge on any atom is -0.444 e. The highest BCUT2D eigenvalue weighted by Gasteiger charge is 2.86. The first kappa shape index (κ1) is 26.0. The zero-order valence-electron chi connectivity index (χ0n) is 21.1. The Balaban J connectivity index is 1.39. The van der Waals surface area contributed by atoms with E-state index in [2.05, 4.69) is 10.3 Å². The number of amides is 2. The zero-order chi connectivity index (χ0) is 27.7. The summed E-state index contributed by atoms with van der Waals surface area (Å²) in [5.41, 5.74) is -3.80. The molecule has 3 aliphatic rings. The van der Waals surface area contributed by atoms with Crippen LogP contribution in [-0.4, -0.2) is 72.1 Å². The number of nitrogens with zero attached hydrogens (tertiary/aromatic N) is 4. The van der Waals surface area contributed by atoms with E-state index < -0.39 is 59.8 Å². The summed E-state index contributed by atoms with van der Waals surface area (Å²) in [4.78, 5) is 32.6. The number of benzene rings is 1. The second-order valence-corrected chi connectivity index (χ2v) is 11.3. The van der Waals surface area contributed by atoms with Gasteiger partial charge in [-0.1, -0.05) is 0 Å². The molecule has 0 radical (unpaired) electrons. The number of likely N-dealkylation sites (tertiary alicyclic amines) is 1. The van der Waals surface area contributed by atoms with Crippen molar-refractivity contribution in [2.75, 3.05) is 31.1 Å². The second kappa shape index (κ2) is 8.44. The Morgan fingerprint density at radius 3 is 2.58 bits per heavy atom. The molecule has 1 aromatic carbocycles. The van der Waals surface area contributed by atoms with Gasteiger partial charge in [0, 0.05) is 36.9 Å². The van der Waals surface area contributed by atoms with Crippen LogP contribution in [0.5, 0.6) is 0 Å². The van der Waals surface area contributed by atoms with Gasteiger partial charge in [0.15, 0.2) is 0 Å². The molecule has 4 atom stereocenters. The standard InChI is InChI=1S/C26H27F4N5O3/c1-23(2,3)38-22(37)34-10-17(27)18(11-34)33-21(36)24-12-25(24,26(28,29)30)14-35(13-24)19-7-6-15(9-31)20-16(19)5-4-8-32-20/h4-8,17-18H,10-14H2,1-3H3,(H,33,36)/t17-,18+,24-,25-/m0/s1. The van der Waals surface area contributed by atoms with Crippen LogP contribution in [0.25, 0.3) is 10.9 Å². The molecule has 2 saturated heterocycles. The zero-order valence-corrected chi connectivity index (χ0v) is 21.1. The Bertz CT molecular complexity index is 1350.